The number of halogens is 1. The molecule has 1 amide bonds. The Hall–Kier alpha value is -2.20. The number of amides is 1. The predicted octanol–water partition coefficient (Wildman–Crippen LogP) is 3.31. The lowest BCUT2D eigenvalue weighted by molar-refractivity contribution is -0.132. The van der Waals surface area contributed by atoms with Crippen molar-refractivity contribution < 1.29 is 9.18 Å². The Kier molecular flexibility index (Phi) is 6.29. The third-order valence-corrected chi connectivity index (χ3v) is 3.75. The molecule has 0 bridgehead atoms. The van der Waals surface area contributed by atoms with Gasteiger partial charge < -0.3 is 4.90 Å². The summed E-state index contributed by atoms with van der Waals surface area (Å²) in [5, 5.41) is 0. The van der Waals surface area contributed by atoms with Gasteiger partial charge in [-0.25, -0.2) is 4.39 Å². The van der Waals surface area contributed by atoms with Crippen molar-refractivity contribution in [2.45, 2.75) is 20.0 Å². The predicted molar refractivity (Wildman–Crippen MR) is 90.3 cm³/mol. The molecular formula is C19H23FN2O. The fraction of sp³-hybridized carbons (Fsp3) is 0.316. The van der Waals surface area contributed by atoms with Crippen LogP contribution in [0.3, 0.4) is 0 Å². The first-order valence-electron chi connectivity index (χ1n) is 7.83. The normalized spacial score (nSPS) is 10.8. The van der Waals surface area contributed by atoms with E-state index in [9.17, 15) is 9.18 Å². The van der Waals surface area contributed by atoms with Crippen molar-refractivity contribution in [1.29, 1.82) is 0 Å². The second kappa shape index (κ2) is 8.44. The molecule has 122 valence electrons. The molecule has 0 spiro atoms. The molecule has 0 N–H and O–H groups in total. The van der Waals surface area contributed by atoms with Crippen LogP contribution in [0.25, 0.3) is 0 Å². The van der Waals surface area contributed by atoms with Gasteiger partial charge in [-0.05, 0) is 25.6 Å². The molecule has 0 aromatic heterocycles. The second-order valence-corrected chi connectivity index (χ2v) is 5.66. The van der Waals surface area contributed by atoms with Crippen LogP contribution in [0.1, 0.15) is 18.1 Å². The Labute approximate surface area is 137 Å². The average Bonchev–Trinajstić information content (AvgIpc) is 2.55. The Morgan fingerprint density at radius 2 is 1.65 bits per heavy atom. The third-order valence-electron chi connectivity index (χ3n) is 3.75. The number of carbonyl (C=O) groups is 1. The van der Waals surface area contributed by atoms with Crippen LogP contribution in [-0.2, 0) is 17.9 Å². The van der Waals surface area contributed by atoms with Gasteiger partial charge in [-0.15, -0.1) is 0 Å². The zero-order valence-corrected chi connectivity index (χ0v) is 13.7. The van der Waals surface area contributed by atoms with Crippen molar-refractivity contribution in [3.05, 3.63) is 71.5 Å². The summed E-state index contributed by atoms with van der Waals surface area (Å²) in [6.07, 6.45) is 0. The largest absolute Gasteiger partial charge is 0.338 e. The van der Waals surface area contributed by atoms with Gasteiger partial charge in [0.1, 0.15) is 5.82 Å². The lowest BCUT2D eigenvalue weighted by Crippen LogP contribution is -2.38. The quantitative estimate of drug-likeness (QED) is 0.783. The van der Waals surface area contributed by atoms with E-state index in [2.05, 4.69) is 0 Å². The maximum absolute atomic E-state index is 13.7. The molecule has 0 aliphatic heterocycles. The van der Waals surface area contributed by atoms with Gasteiger partial charge in [-0.2, -0.15) is 0 Å². The van der Waals surface area contributed by atoms with E-state index in [-0.39, 0.29) is 18.3 Å². The number of rotatable bonds is 7. The van der Waals surface area contributed by atoms with E-state index in [1.165, 1.54) is 6.07 Å². The van der Waals surface area contributed by atoms with Crippen LogP contribution in [0.2, 0.25) is 0 Å². The Balaban J connectivity index is 1.92. The standard InChI is InChI=1S/C19H23FN2O/c1-3-22(13-16-9-5-4-6-10-16)19(23)15-21(2)14-17-11-7-8-12-18(17)20/h4-12H,3,13-15H2,1-2H3. The van der Waals surface area contributed by atoms with Crippen LogP contribution in [0.15, 0.2) is 54.6 Å². The number of nitrogens with zero attached hydrogens (tertiary/aromatic N) is 2. The second-order valence-electron chi connectivity index (χ2n) is 5.66. The fourth-order valence-electron chi connectivity index (χ4n) is 2.48. The van der Waals surface area contributed by atoms with Crippen molar-refractivity contribution in [2.24, 2.45) is 0 Å². The first kappa shape index (κ1) is 17.2. The molecule has 23 heavy (non-hydrogen) atoms. The summed E-state index contributed by atoms with van der Waals surface area (Å²) in [4.78, 5) is 16.1. The molecule has 2 aromatic rings. The Morgan fingerprint density at radius 1 is 1.00 bits per heavy atom. The fourth-order valence-corrected chi connectivity index (χ4v) is 2.48. The van der Waals surface area contributed by atoms with Gasteiger partial charge in [0, 0.05) is 25.2 Å². The maximum atomic E-state index is 13.7. The molecule has 0 heterocycles. The van der Waals surface area contributed by atoms with E-state index in [1.807, 2.05) is 60.2 Å². The first-order chi connectivity index (χ1) is 11.1. The van der Waals surface area contributed by atoms with Crippen molar-refractivity contribution in [2.75, 3.05) is 20.1 Å². The smallest absolute Gasteiger partial charge is 0.237 e. The number of hydrogen-bond donors (Lipinski definition) is 0. The third kappa shape index (κ3) is 5.18. The van der Waals surface area contributed by atoms with Gasteiger partial charge in [-0.1, -0.05) is 48.5 Å². The molecule has 3 nitrogen and oxygen atoms in total. The van der Waals surface area contributed by atoms with Crippen LogP contribution < -0.4 is 0 Å². The highest BCUT2D eigenvalue weighted by atomic mass is 19.1. The van der Waals surface area contributed by atoms with Crippen LogP contribution in [0.4, 0.5) is 4.39 Å². The van der Waals surface area contributed by atoms with E-state index < -0.39 is 0 Å². The van der Waals surface area contributed by atoms with Crippen molar-refractivity contribution in [3.8, 4) is 0 Å². The van der Waals surface area contributed by atoms with Crippen LogP contribution >= 0.6 is 0 Å². The molecule has 0 radical (unpaired) electrons. The zero-order valence-electron chi connectivity index (χ0n) is 13.7. The van der Waals surface area contributed by atoms with Crippen molar-refractivity contribution >= 4 is 5.91 Å². The number of benzene rings is 2. The molecule has 2 rings (SSSR count). The lowest BCUT2D eigenvalue weighted by Gasteiger charge is -2.24. The summed E-state index contributed by atoms with van der Waals surface area (Å²) in [5.74, 6) is -0.182. The minimum atomic E-state index is -0.233. The van der Waals surface area contributed by atoms with Crippen molar-refractivity contribution in [1.82, 2.24) is 9.80 Å². The monoisotopic (exact) mass is 314 g/mol. The molecule has 0 unspecified atom stereocenters. The Morgan fingerprint density at radius 3 is 2.30 bits per heavy atom. The van der Waals surface area contributed by atoms with Crippen molar-refractivity contribution in [3.63, 3.8) is 0 Å². The van der Waals surface area contributed by atoms with Gasteiger partial charge in [0.05, 0.1) is 6.54 Å². The Bertz CT molecular complexity index is 630. The van der Waals surface area contributed by atoms with Crippen LogP contribution in [-0.4, -0.2) is 35.8 Å². The minimum absolute atomic E-state index is 0.0511. The number of carbonyl (C=O) groups excluding carboxylic acids is 1. The SMILES string of the molecule is CCN(Cc1ccccc1)C(=O)CN(C)Cc1ccccc1F. The van der Waals surface area contributed by atoms with Crippen LogP contribution in [0.5, 0.6) is 0 Å². The number of hydrogen-bond acceptors (Lipinski definition) is 2. The van der Waals surface area contributed by atoms with E-state index >= 15 is 0 Å². The molecule has 0 fully saturated rings. The molecule has 0 saturated carbocycles. The molecule has 2 aromatic carbocycles. The topological polar surface area (TPSA) is 23.6 Å². The van der Waals surface area contributed by atoms with Gasteiger partial charge in [-0.3, -0.25) is 9.69 Å². The van der Waals surface area contributed by atoms with E-state index in [0.717, 1.165) is 5.56 Å². The summed E-state index contributed by atoms with van der Waals surface area (Å²) in [6.45, 7) is 3.92. The summed E-state index contributed by atoms with van der Waals surface area (Å²) in [7, 11) is 1.83. The highest BCUT2D eigenvalue weighted by Gasteiger charge is 2.15. The lowest BCUT2D eigenvalue weighted by atomic mass is 10.2. The molecular weight excluding hydrogens is 291 g/mol. The van der Waals surface area contributed by atoms with E-state index in [4.69, 9.17) is 0 Å². The van der Waals surface area contributed by atoms with E-state index in [1.54, 1.807) is 12.1 Å². The van der Waals surface area contributed by atoms with E-state index in [0.29, 0.717) is 25.2 Å². The molecule has 0 aliphatic carbocycles. The van der Waals surface area contributed by atoms with Gasteiger partial charge >= 0.3 is 0 Å². The molecule has 0 atom stereocenters. The summed E-state index contributed by atoms with van der Waals surface area (Å²) < 4.78 is 13.7. The average molecular weight is 314 g/mol. The molecule has 4 heteroatoms. The summed E-state index contributed by atoms with van der Waals surface area (Å²) >= 11 is 0. The molecule has 0 aliphatic rings. The highest BCUT2D eigenvalue weighted by molar-refractivity contribution is 5.78. The maximum Gasteiger partial charge on any atom is 0.237 e. The van der Waals surface area contributed by atoms with Gasteiger partial charge in [0.15, 0.2) is 0 Å². The summed E-state index contributed by atoms with van der Waals surface area (Å²) in [5.41, 5.74) is 1.72. The zero-order chi connectivity index (χ0) is 16.7. The summed E-state index contributed by atoms with van der Waals surface area (Å²) in [6, 6.07) is 16.6. The van der Waals surface area contributed by atoms with Gasteiger partial charge in [0.2, 0.25) is 5.91 Å². The highest BCUT2D eigenvalue weighted by Crippen LogP contribution is 2.10. The first-order valence-corrected chi connectivity index (χ1v) is 7.83. The van der Waals surface area contributed by atoms with Crippen LogP contribution in [0, 0.1) is 5.82 Å². The number of likely N-dealkylation sites (N-methyl/N-ethyl adjacent to an activating group) is 2. The minimum Gasteiger partial charge on any atom is -0.338 e. The van der Waals surface area contributed by atoms with Gasteiger partial charge in [0.25, 0.3) is 0 Å². The molecule has 0 saturated heterocycles.